The number of thiophene rings is 1. The number of carbonyl (C=O) groups excluding carboxylic acids is 3. The van der Waals surface area contributed by atoms with E-state index in [1.807, 2.05) is 30.3 Å². The van der Waals surface area contributed by atoms with Crippen molar-refractivity contribution in [2.75, 3.05) is 17.7 Å². The van der Waals surface area contributed by atoms with Crippen molar-refractivity contribution in [2.24, 2.45) is 0 Å². The van der Waals surface area contributed by atoms with Crippen molar-refractivity contribution in [3.63, 3.8) is 0 Å². The van der Waals surface area contributed by atoms with Crippen molar-refractivity contribution < 1.29 is 38.9 Å². The largest absolute Gasteiger partial charge is 0.478 e. The second-order valence-electron chi connectivity index (χ2n) is 10.9. The first-order valence-corrected chi connectivity index (χ1v) is 16.6. The molecule has 1 heterocycles. The van der Waals surface area contributed by atoms with Gasteiger partial charge >= 0.3 is 17.9 Å². The van der Waals surface area contributed by atoms with E-state index in [2.05, 4.69) is 10.6 Å². The standard InChI is InChI=1S/C35H32N2O8S2/c1-45-35(44)28-25-14-7-2-3-8-15-27(25)47-32(28)37-31(39)29(20-10-5-4-6-11-20)46-23-13-9-12-22(19-23)36-30(38)24-17-16-21(33(40)41)18-26(24)34(42)43/h4-6,9-13,16-19,29H,2-3,7-8,14-15H2,1H3,(H,36,38)(H,37,39)(H,40,41)(H,42,43). The van der Waals surface area contributed by atoms with E-state index in [0.717, 1.165) is 72.7 Å². The predicted octanol–water partition coefficient (Wildman–Crippen LogP) is 7.31. The summed E-state index contributed by atoms with van der Waals surface area (Å²) in [6.45, 7) is 0. The summed E-state index contributed by atoms with van der Waals surface area (Å²) in [7, 11) is 1.34. The quantitative estimate of drug-likeness (QED) is 0.100. The van der Waals surface area contributed by atoms with Crippen molar-refractivity contribution in [3.8, 4) is 0 Å². The maximum Gasteiger partial charge on any atom is 0.341 e. The highest BCUT2D eigenvalue weighted by molar-refractivity contribution is 8.00. The van der Waals surface area contributed by atoms with E-state index < -0.39 is 34.6 Å². The number of nitrogens with one attached hydrogen (secondary N) is 2. The Morgan fingerprint density at radius 3 is 2.26 bits per heavy atom. The molecule has 0 bridgehead atoms. The Bertz CT molecular complexity index is 1840. The zero-order valence-electron chi connectivity index (χ0n) is 25.4. The second-order valence-corrected chi connectivity index (χ2v) is 13.1. The molecule has 3 aromatic carbocycles. The SMILES string of the molecule is COC(=O)c1c(NC(=O)C(Sc2cccc(NC(=O)c3ccc(C(=O)O)cc3C(=O)O)c2)c2ccccc2)sc2c1CCCCCC2. The topological polar surface area (TPSA) is 159 Å². The Kier molecular flexibility index (Phi) is 10.7. The average Bonchev–Trinajstić information content (AvgIpc) is 3.38. The van der Waals surface area contributed by atoms with Gasteiger partial charge in [-0.05, 0) is 73.2 Å². The molecule has 0 spiro atoms. The van der Waals surface area contributed by atoms with E-state index in [1.165, 1.54) is 30.2 Å². The highest BCUT2D eigenvalue weighted by atomic mass is 32.2. The molecule has 0 saturated heterocycles. The van der Waals surface area contributed by atoms with Crippen LogP contribution in [-0.4, -0.2) is 47.0 Å². The van der Waals surface area contributed by atoms with E-state index in [-0.39, 0.29) is 17.0 Å². The number of aromatic carboxylic acids is 2. The van der Waals surface area contributed by atoms with Crippen molar-refractivity contribution in [3.05, 3.63) is 111 Å². The summed E-state index contributed by atoms with van der Waals surface area (Å²) in [4.78, 5) is 64.9. The Hall–Kier alpha value is -4.94. The number of amides is 2. The number of methoxy groups -OCH3 is 1. The molecule has 1 aliphatic rings. The van der Waals surface area contributed by atoms with Crippen LogP contribution < -0.4 is 10.6 Å². The van der Waals surface area contributed by atoms with E-state index in [4.69, 9.17) is 4.74 Å². The monoisotopic (exact) mass is 672 g/mol. The van der Waals surface area contributed by atoms with Crippen LogP contribution in [0.15, 0.2) is 77.7 Å². The van der Waals surface area contributed by atoms with Gasteiger partial charge in [-0.15, -0.1) is 23.1 Å². The third-order valence-corrected chi connectivity index (χ3v) is 10.2. The first-order chi connectivity index (χ1) is 22.7. The molecule has 0 saturated carbocycles. The van der Waals surface area contributed by atoms with Gasteiger partial charge in [-0.3, -0.25) is 9.59 Å². The van der Waals surface area contributed by atoms with Crippen LogP contribution in [-0.2, 0) is 22.4 Å². The summed E-state index contributed by atoms with van der Waals surface area (Å²) in [5, 5.41) is 24.3. The number of anilines is 2. The lowest BCUT2D eigenvalue weighted by Crippen LogP contribution is -2.20. The van der Waals surface area contributed by atoms with E-state index in [0.29, 0.717) is 21.1 Å². The Morgan fingerprint density at radius 2 is 1.55 bits per heavy atom. The van der Waals surface area contributed by atoms with Gasteiger partial charge in [0.25, 0.3) is 5.91 Å². The van der Waals surface area contributed by atoms with Crippen LogP contribution in [0.4, 0.5) is 10.7 Å². The Balaban J connectivity index is 1.41. The van der Waals surface area contributed by atoms with E-state index in [1.54, 1.807) is 24.3 Å². The fourth-order valence-corrected chi connectivity index (χ4v) is 7.80. The molecule has 1 unspecified atom stereocenters. The molecule has 10 nitrogen and oxygen atoms in total. The van der Waals surface area contributed by atoms with E-state index in [9.17, 15) is 34.2 Å². The number of ether oxygens (including phenoxy) is 1. The summed E-state index contributed by atoms with van der Waals surface area (Å²) in [5.74, 6) is -4.30. The second kappa shape index (κ2) is 15.1. The Morgan fingerprint density at radius 1 is 0.809 bits per heavy atom. The molecule has 0 aliphatic heterocycles. The third-order valence-electron chi connectivity index (χ3n) is 7.73. The maximum atomic E-state index is 14.0. The predicted molar refractivity (Wildman–Crippen MR) is 180 cm³/mol. The first-order valence-electron chi connectivity index (χ1n) is 14.9. The van der Waals surface area contributed by atoms with Crippen LogP contribution in [0.5, 0.6) is 0 Å². The summed E-state index contributed by atoms with van der Waals surface area (Å²) >= 11 is 2.67. The highest BCUT2D eigenvalue weighted by Gasteiger charge is 2.29. The lowest BCUT2D eigenvalue weighted by Gasteiger charge is -2.18. The lowest BCUT2D eigenvalue weighted by atomic mass is 9.96. The highest BCUT2D eigenvalue weighted by Crippen LogP contribution is 2.41. The van der Waals surface area contributed by atoms with Gasteiger partial charge in [0.1, 0.15) is 10.3 Å². The molecule has 12 heteroatoms. The molecule has 5 rings (SSSR count). The van der Waals surface area contributed by atoms with Crippen molar-refractivity contribution in [1.29, 1.82) is 0 Å². The Labute approximate surface area is 279 Å². The zero-order valence-corrected chi connectivity index (χ0v) is 27.0. The number of carbonyl (C=O) groups is 5. The van der Waals surface area contributed by atoms with Gasteiger partial charge in [0.05, 0.1) is 29.4 Å². The number of thioether (sulfide) groups is 1. The molecule has 4 N–H and O–H groups in total. The van der Waals surface area contributed by atoms with Crippen LogP contribution >= 0.6 is 23.1 Å². The number of hydrogen-bond acceptors (Lipinski definition) is 8. The number of benzene rings is 3. The van der Waals surface area contributed by atoms with Gasteiger partial charge in [-0.1, -0.05) is 49.2 Å². The minimum Gasteiger partial charge on any atom is -0.478 e. The van der Waals surface area contributed by atoms with Crippen LogP contribution in [0.25, 0.3) is 0 Å². The van der Waals surface area contributed by atoms with Gasteiger partial charge in [0.15, 0.2) is 0 Å². The summed E-state index contributed by atoms with van der Waals surface area (Å²) < 4.78 is 5.13. The molecule has 0 radical (unpaired) electrons. The number of fused-ring (bicyclic) bond motifs is 1. The fourth-order valence-electron chi connectivity index (χ4n) is 5.44. The molecular formula is C35H32N2O8S2. The van der Waals surface area contributed by atoms with Gasteiger partial charge in [0.2, 0.25) is 5.91 Å². The molecule has 2 amide bonds. The minimum absolute atomic E-state index is 0.200. The number of carboxylic acids is 2. The summed E-state index contributed by atoms with van der Waals surface area (Å²) in [5.41, 5.74) is 1.54. The van der Waals surface area contributed by atoms with Gasteiger partial charge in [0, 0.05) is 15.5 Å². The van der Waals surface area contributed by atoms with Gasteiger partial charge in [-0.25, -0.2) is 14.4 Å². The smallest absolute Gasteiger partial charge is 0.341 e. The minimum atomic E-state index is -1.44. The molecule has 47 heavy (non-hydrogen) atoms. The number of carboxylic acid groups (broad SMARTS) is 2. The number of rotatable bonds is 10. The van der Waals surface area contributed by atoms with Crippen molar-refractivity contribution in [2.45, 2.75) is 48.7 Å². The third kappa shape index (κ3) is 7.90. The van der Waals surface area contributed by atoms with Crippen molar-refractivity contribution >= 4 is 63.5 Å². The molecule has 4 aromatic rings. The number of esters is 1. The summed E-state index contributed by atoms with van der Waals surface area (Å²) in [6, 6.07) is 19.2. The molecule has 242 valence electrons. The molecule has 1 aromatic heterocycles. The first kappa shape index (κ1) is 33.4. The number of aryl methyl sites for hydroxylation is 1. The van der Waals surface area contributed by atoms with Crippen LogP contribution in [0, 0.1) is 0 Å². The molecule has 1 atom stereocenters. The fraction of sp³-hybridized carbons (Fsp3) is 0.229. The molecule has 0 fully saturated rings. The summed E-state index contributed by atoms with van der Waals surface area (Å²) in [6.07, 6.45) is 5.77. The molecular weight excluding hydrogens is 641 g/mol. The van der Waals surface area contributed by atoms with Crippen LogP contribution in [0.2, 0.25) is 0 Å². The number of hydrogen-bond donors (Lipinski definition) is 4. The molecule has 1 aliphatic carbocycles. The van der Waals surface area contributed by atoms with Crippen molar-refractivity contribution in [1.82, 2.24) is 0 Å². The normalized spacial score (nSPS) is 13.3. The maximum absolute atomic E-state index is 14.0. The average molecular weight is 673 g/mol. The van der Waals surface area contributed by atoms with Gasteiger partial charge in [-0.2, -0.15) is 0 Å². The lowest BCUT2D eigenvalue weighted by molar-refractivity contribution is -0.115. The van der Waals surface area contributed by atoms with Crippen LogP contribution in [0.1, 0.15) is 88.4 Å². The van der Waals surface area contributed by atoms with E-state index >= 15 is 0 Å². The van der Waals surface area contributed by atoms with Crippen LogP contribution in [0.3, 0.4) is 0 Å². The van der Waals surface area contributed by atoms with Gasteiger partial charge < -0.3 is 25.6 Å². The zero-order chi connectivity index (χ0) is 33.5.